The average Bonchev–Trinajstić information content (AvgIpc) is 2.08. The Morgan fingerprint density at radius 2 is 2.08 bits per heavy atom. The number of hydrogen-bond donors (Lipinski definition) is 1. The minimum Gasteiger partial charge on any atom is -0.507 e. The van der Waals surface area contributed by atoms with Gasteiger partial charge in [-0.15, -0.1) is 0 Å². The molecule has 0 saturated heterocycles. The second-order valence-corrected chi connectivity index (χ2v) is 3.34. The highest BCUT2D eigenvalue weighted by Gasteiger charge is 2.06. The van der Waals surface area contributed by atoms with Gasteiger partial charge in [-0.3, -0.25) is 0 Å². The van der Waals surface area contributed by atoms with Crippen LogP contribution in [-0.2, 0) is 0 Å². The first-order chi connectivity index (χ1) is 5.57. The van der Waals surface area contributed by atoms with Crippen molar-refractivity contribution in [3.05, 3.63) is 29.3 Å². The van der Waals surface area contributed by atoms with Crippen molar-refractivity contribution in [1.82, 2.24) is 0 Å². The van der Waals surface area contributed by atoms with Gasteiger partial charge in [-0.25, -0.2) is 0 Å². The molecule has 2 heteroatoms. The fraction of sp³-hybridized carbons (Fsp3) is 0.200. The van der Waals surface area contributed by atoms with E-state index in [2.05, 4.69) is 16.8 Å². The van der Waals surface area contributed by atoms with Gasteiger partial charge in [0.15, 0.2) is 0 Å². The summed E-state index contributed by atoms with van der Waals surface area (Å²) in [7, 11) is 3.45. The van der Waals surface area contributed by atoms with Gasteiger partial charge in [0.25, 0.3) is 0 Å². The monoisotopic (exact) mass is 175 g/mol. The van der Waals surface area contributed by atoms with Crippen molar-refractivity contribution in [2.75, 3.05) is 0 Å². The zero-order chi connectivity index (χ0) is 9.30. The van der Waals surface area contributed by atoms with Crippen LogP contribution in [0.5, 0.6) is 5.75 Å². The molecule has 0 aliphatic rings. The van der Waals surface area contributed by atoms with Crippen LogP contribution in [0, 0.1) is 13.8 Å². The molecule has 1 nitrogen and oxygen atoms in total. The Hall–Kier alpha value is -1.02. The Morgan fingerprint density at radius 3 is 2.58 bits per heavy atom. The van der Waals surface area contributed by atoms with Crippen molar-refractivity contribution in [2.45, 2.75) is 13.8 Å². The van der Waals surface area contributed by atoms with E-state index in [4.69, 9.17) is 0 Å². The second-order valence-electron chi connectivity index (χ2n) is 2.84. The van der Waals surface area contributed by atoms with E-state index in [9.17, 15) is 5.11 Å². The lowest BCUT2D eigenvalue weighted by Gasteiger charge is -2.09. The minimum absolute atomic E-state index is 0.352. The van der Waals surface area contributed by atoms with Crippen molar-refractivity contribution in [2.24, 2.45) is 0 Å². The van der Waals surface area contributed by atoms with Crippen molar-refractivity contribution in [1.29, 1.82) is 0 Å². The fourth-order valence-electron chi connectivity index (χ4n) is 1.17. The molecule has 61 valence electrons. The summed E-state index contributed by atoms with van der Waals surface area (Å²) in [6.07, 6.45) is 1.77. The van der Waals surface area contributed by atoms with Gasteiger partial charge in [-0.2, -0.15) is 0 Å². The second kappa shape index (κ2) is 3.15. The molecule has 0 saturated carbocycles. The number of benzene rings is 1. The molecule has 0 heterocycles. The lowest BCUT2D eigenvalue weighted by atomic mass is 10.1. The highest BCUT2D eigenvalue weighted by atomic mass is 28.1. The van der Waals surface area contributed by atoms with E-state index in [1.54, 1.807) is 6.08 Å². The summed E-state index contributed by atoms with van der Waals surface area (Å²) in [6, 6.07) is 1.90. The molecule has 1 N–H and O–H groups in total. The van der Waals surface area contributed by atoms with Crippen LogP contribution in [-0.4, -0.2) is 15.3 Å². The van der Waals surface area contributed by atoms with Gasteiger partial charge in [0.2, 0.25) is 0 Å². The number of rotatable bonds is 1. The molecule has 0 amide bonds. The standard InChI is InChI=1S/C10H11OSi/c1-4-8-5-6(2)9(11)7(3)10(8)12/h4-5,11H,1H2,2-3H3. The summed E-state index contributed by atoms with van der Waals surface area (Å²) in [5.41, 5.74) is 2.76. The lowest BCUT2D eigenvalue weighted by molar-refractivity contribution is 0.467. The van der Waals surface area contributed by atoms with E-state index in [-0.39, 0.29) is 0 Å². The molecule has 0 atom stereocenters. The maximum Gasteiger partial charge on any atom is 0.121 e. The summed E-state index contributed by atoms with van der Waals surface area (Å²) < 4.78 is 0. The van der Waals surface area contributed by atoms with Gasteiger partial charge in [0.1, 0.15) is 5.75 Å². The van der Waals surface area contributed by atoms with Gasteiger partial charge in [-0.1, -0.05) is 17.8 Å². The fourth-order valence-corrected chi connectivity index (χ4v) is 1.46. The Morgan fingerprint density at radius 1 is 1.50 bits per heavy atom. The zero-order valence-corrected chi connectivity index (χ0v) is 8.31. The zero-order valence-electron chi connectivity index (χ0n) is 7.31. The first-order valence-electron chi connectivity index (χ1n) is 3.75. The third kappa shape index (κ3) is 1.30. The van der Waals surface area contributed by atoms with E-state index in [0.29, 0.717) is 5.75 Å². The Kier molecular flexibility index (Phi) is 2.38. The molecule has 0 fully saturated rings. The molecule has 1 aromatic carbocycles. The predicted molar refractivity (Wildman–Crippen MR) is 53.1 cm³/mol. The van der Waals surface area contributed by atoms with Gasteiger partial charge >= 0.3 is 0 Å². The highest BCUT2D eigenvalue weighted by Crippen LogP contribution is 2.20. The van der Waals surface area contributed by atoms with Gasteiger partial charge in [-0.05, 0) is 36.6 Å². The minimum atomic E-state index is 0.352. The summed E-state index contributed by atoms with van der Waals surface area (Å²) in [5, 5.41) is 10.5. The Balaban J connectivity index is 3.49. The lowest BCUT2D eigenvalue weighted by Crippen LogP contribution is -2.12. The van der Waals surface area contributed by atoms with Crippen molar-refractivity contribution in [3.63, 3.8) is 0 Å². The Labute approximate surface area is 76.2 Å². The summed E-state index contributed by atoms with van der Waals surface area (Å²) in [5.74, 6) is 0.352. The largest absolute Gasteiger partial charge is 0.507 e. The molecule has 1 rings (SSSR count). The molecule has 0 aliphatic heterocycles. The number of aromatic hydroxyl groups is 1. The topological polar surface area (TPSA) is 20.2 Å². The maximum atomic E-state index is 9.54. The number of phenols is 1. The average molecular weight is 175 g/mol. The third-order valence-electron chi connectivity index (χ3n) is 1.98. The van der Waals surface area contributed by atoms with E-state index in [1.165, 1.54) is 0 Å². The van der Waals surface area contributed by atoms with E-state index < -0.39 is 0 Å². The first-order valence-corrected chi connectivity index (χ1v) is 4.25. The Bertz CT molecular complexity index is 329. The van der Waals surface area contributed by atoms with Crippen LogP contribution in [0.3, 0.4) is 0 Å². The van der Waals surface area contributed by atoms with Crippen molar-refractivity contribution >= 4 is 21.5 Å². The van der Waals surface area contributed by atoms with Gasteiger partial charge < -0.3 is 5.11 Å². The SMILES string of the molecule is C=Cc1cc(C)c(O)c(C)c1[Si]. The van der Waals surface area contributed by atoms with Crippen LogP contribution >= 0.6 is 0 Å². The maximum absolute atomic E-state index is 9.54. The van der Waals surface area contributed by atoms with Gasteiger partial charge in [0, 0.05) is 0 Å². The smallest absolute Gasteiger partial charge is 0.121 e. The molecular formula is C10H11OSi. The van der Waals surface area contributed by atoms with E-state index in [0.717, 1.165) is 21.9 Å². The van der Waals surface area contributed by atoms with Crippen LogP contribution in [0.1, 0.15) is 16.7 Å². The van der Waals surface area contributed by atoms with E-state index in [1.807, 2.05) is 19.9 Å². The van der Waals surface area contributed by atoms with Crippen molar-refractivity contribution < 1.29 is 5.11 Å². The summed E-state index contributed by atoms with van der Waals surface area (Å²) in [6.45, 7) is 7.44. The summed E-state index contributed by atoms with van der Waals surface area (Å²) >= 11 is 0. The number of hydrogen-bond acceptors (Lipinski definition) is 1. The van der Waals surface area contributed by atoms with Crippen molar-refractivity contribution in [3.8, 4) is 5.75 Å². The number of phenolic OH excluding ortho intramolecular Hbond substituents is 1. The molecule has 0 unspecified atom stereocenters. The highest BCUT2D eigenvalue weighted by molar-refractivity contribution is 6.35. The molecule has 0 spiro atoms. The molecular weight excluding hydrogens is 164 g/mol. The van der Waals surface area contributed by atoms with Crippen LogP contribution in [0.2, 0.25) is 0 Å². The molecule has 12 heavy (non-hydrogen) atoms. The third-order valence-corrected chi connectivity index (χ3v) is 2.65. The number of aryl methyl sites for hydroxylation is 1. The molecule has 0 aromatic heterocycles. The van der Waals surface area contributed by atoms with Crippen LogP contribution in [0.4, 0.5) is 0 Å². The first kappa shape index (κ1) is 9.07. The molecule has 0 bridgehead atoms. The normalized spacial score (nSPS) is 9.92. The van der Waals surface area contributed by atoms with Crippen LogP contribution < -0.4 is 5.19 Å². The quantitative estimate of drug-likeness (QED) is 0.640. The molecule has 1 aromatic rings. The molecule has 0 aliphatic carbocycles. The molecule has 3 radical (unpaired) electrons. The predicted octanol–water partition coefficient (Wildman–Crippen LogP) is 1.45. The van der Waals surface area contributed by atoms with Crippen LogP contribution in [0.25, 0.3) is 6.08 Å². The van der Waals surface area contributed by atoms with Gasteiger partial charge in [0.05, 0.1) is 10.2 Å². The van der Waals surface area contributed by atoms with E-state index >= 15 is 0 Å². The summed E-state index contributed by atoms with van der Waals surface area (Å²) in [4.78, 5) is 0. The van der Waals surface area contributed by atoms with Crippen LogP contribution in [0.15, 0.2) is 12.6 Å².